The zero-order valence-electron chi connectivity index (χ0n) is 18.5. The first kappa shape index (κ1) is 20.7. The standard InChI is InChI=1S/C23H29N7O2/c1-29-7-6-14-10-20(32-2)19(9-16(14)13-29)27-23-25-11-17-12-26-30(22(17)28-23)18-5-3-4-15(8-18)21(24)31/h9-12,15,18H,3-8,13H2,1-2H3,(H2,24,31)(H,25,27,28)/t15-,18-/m1/s1. The van der Waals surface area contributed by atoms with E-state index in [0.717, 1.165) is 61.2 Å². The van der Waals surface area contributed by atoms with Crippen LogP contribution in [0.15, 0.2) is 24.5 Å². The maximum atomic E-state index is 11.7. The van der Waals surface area contributed by atoms with Gasteiger partial charge in [0.15, 0.2) is 5.65 Å². The summed E-state index contributed by atoms with van der Waals surface area (Å²) in [6, 6.07) is 4.35. The van der Waals surface area contributed by atoms with Crippen LogP contribution in [0.25, 0.3) is 11.0 Å². The van der Waals surface area contributed by atoms with Crippen LogP contribution in [0, 0.1) is 5.92 Å². The Hall–Kier alpha value is -3.20. The van der Waals surface area contributed by atoms with Crippen molar-refractivity contribution in [2.75, 3.05) is 26.0 Å². The number of hydrogen-bond acceptors (Lipinski definition) is 7. The number of ether oxygens (including phenoxy) is 1. The molecule has 1 amide bonds. The van der Waals surface area contributed by atoms with E-state index in [4.69, 9.17) is 15.5 Å². The van der Waals surface area contributed by atoms with Gasteiger partial charge in [0.25, 0.3) is 0 Å². The quantitative estimate of drug-likeness (QED) is 0.634. The predicted octanol–water partition coefficient (Wildman–Crippen LogP) is 2.78. The highest BCUT2D eigenvalue weighted by molar-refractivity contribution is 5.77. The summed E-state index contributed by atoms with van der Waals surface area (Å²) in [5.41, 5.74) is 9.78. The number of anilines is 2. The lowest BCUT2D eigenvalue weighted by atomic mass is 9.85. The van der Waals surface area contributed by atoms with Crippen LogP contribution in [0.3, 0.4) is 0 Å². The van der Waals surface area contributed by atoms with Gasteiger partial charge in [0, 0.05) is 25.2 Å². The van der Waals surface area contributed by atoms with Crippen LogP contribution in [0.5, 0.6) is 5.75 Å². The second-order valence-corrected chi connectivity index (χ2v) is 8.92. The molecule has 168 valence electrons. The third kappa shape index (κ3) is 3.88. The number of fused-ring (bicyclic) bond motifs is 2. The fourth-order valence-corrected chi connectivity index (χ4v) is 4.92. The number of hydrogen-bond donors (Lipinski definition) is 2. The minimum Gasteiger partial charge on any atom is -0.495 e. The van der Waals surface area contributed by atoms with Crippen LogP contribution in [0.4, 0.5) is 11.6 Å². The number of amides is 1. The normalized spacial score (nSPS) is 21.3. The predicted molar refractivity (Wildman–Crippen MR) is 122 cm³/mol. The molecule has 9 heteroatoms. The monoisotopic (exact) mass is 435 g/mol. The second-order valence-electron chi connectivity index (χ2n) is 8.92. The first-order valence-electron chi connectivity index (χ1n) is 11.2. The lowest BCUT2D eigenvalue weighted by molar-refractivity contribution is -0.123. The van der Waals surface area contributed by atoms with Crippen molar-refractivity contribution in [2.24, 2.45) is 11.7 Å². The number of aromatic nitrogens is 4. The Kier molecular flexibility index (Phi) is 5.42. The topological polar surface area (TPSA) is 111 Å². The van der Waals surface area contributed by atoms with E-state index in [9.17, 15) is 4.79 Å². The van der Waals surface area contributed by atoms with Crippen molar-refractivity contribution in [1.82, 2.24) is 24.6 Å². The molecule has 0 radical (unpaired) electrons. The molecule has 2 atom stereocenters. The Labute approximate surface area is 187 Å². The molecule has 3 heterocycles. The number of nitrogens with two attached hydrogens (primary N) is 1. The van der Waals surface area contributed by atoms with Crippen LogP contribution in [0.1, 0.15) is 42.9 Å². The minimum atomic E-state index is -0.228. The number of nitrogens with zero attached hydrogens (tertiary/aromatic N) is 5. The van der Waals surface area contributed by atoms with E-state index in [-0.39, 0.29) is 17.9 Å². The molecule has 5 rings (SSSR count). The second kappa shape index (κ2) is 8.38. The van der Waals surface area contributed by atoms with Crippen LogP contribution in [-0.4, -0.2) is 51.3 Å². The lowest BCUT2D eigenvalue weighted by Gasteiger charge is -2.27. The van der Waals surface area contributed by atoms with Crippen molar-refractivity contribution in [3.05, 3.63) is 35.7 Å². The molecule has 2 aromatic heterocycles. The summed E-state index contributed by atoms with van der Waals surface area (Å²) in [7, 11) is 3.81. The fraction of sp³-hybridized carbons (Fsp3) is 0.478. The largest absolute Gasteiger partial charge is 0.495 e. The van der Waals surface area contributed by atoms with E-state index >= 15 is 0 Å². The average Bonchev–Trinajstić information content (AvgIpc) is 3.22. The highest BCUT2D eigenvalue weighted by Gasteiger charge is 2.28. The smallest absolute Gasteiger partial charge is 0.229 e. The van der Waals surface area contributed by atoms with Crippen molar-refractivity contribution in [3.63, 3.8) is 0 Å². The van der Waals surface area contributed by atoms with Crippen LogP contribution >= 0.6 is 0 Å². The molecule has 32 heavy (non-hydrogen) atoms. The summed E-state index contributed by atoms with van der Waals surface area (Å²) in [6.07, 6.45) is 8.03. The molecule has 1 fully saturated rings. The Morgan fingerprint density at radius 1 is 1.25 bits per heavy atom. The highest BCUT2D eigenvalue weighted by atomic mass is 16.5. The number of benzene rings is 1. The van der Waals surface area contributed by atoms with Crippen molar-refractivity contribution in [2.45, 2.75) is 44.7 Å². The number of methoxy groups -OCH3 is 1. The molecular formula is C23H29N7O2. The molecule has 0 saturated heterocycles. The van der Waals surface area contributed by atoms with E-state index in [1.807, 2.05) is 4.68 Å². The Morgan fingerprint density at radius 3 is 2.94 bits per heavy atom. The van der Waals surface area contributed by atoms with Gasteiger partial charge in [-0.05, 0) is 56.0 Å². The van der Waals surface area contributed by atoms with Gasteiger partial charge in [-0.2, -0.15) is 10.1 Å². The fourth-order valence-electron chi connectivity index (χ4n) is 4.92. The maximum Gasteiger partial charge on any atom is 0.229 e. The van der Waals surface area contributed by atoms with E-state index in [2.05, 4.69) is 39.5 Å². The maximum absolute atomic E-state index is 11.7. The van der Waals surface area contributed by atoms with E-state index in [1.54, 1.807) is 19.5 Å². The molecule has 0 bridgehead atoms. The molecule has 3 aromatic rings. The first-order chi connectivity index (χ1) is 15.5. The third-order valence-corrected chi connectivity index (χ3v) is 6.70. The summed E-state index contributed by atoms with van der Waals surface area (Å²) in [4.78, 5) is 23.3. The van der Waals surface area contributed by atoms with Gasteiger partial charge >= 0.3 is 0 Å². The number of primary amides is 1. The zero-order valence-corrected chi connectivity index (χ0v) is 18.5. The SMILES string of the molecule is COc1cc2c(cc1Nc1ncc3cnn([C@@H]4CCC[C@@H](C(N)=O)C4)c3n1)CN(C)CC2. The molecule has 0 spiro atoms. The van der Waals surface area contributed by atoms with Gasteiger partial charge in [-0.3, -0.25) is 4.79 Å². The van der Waals surface area contributed by atoms with Crippen LogP contribution < -0.4 is 15.8 Å². The van der Waals surface area contributed by atoms with E-state index < -0.39 is 0 Å². The zero-order chi connectivity index (χ0) is 22.2. The molecular weight excluding hydrogens is 406 g/mol. The number of carbonyl (C=O) groups excluding carboxylic acids is 1. The summed E-state index contributed by atoms with van der Waals surface area (Å²) < 4.78 is 7.57. The summed E-state index contributed by atoms with van der Waals surface area (Å²) >= 11 is 0. The van der Waals surface area contributed by atoms with Gasteiger partial charge in [0.2, 0.25) is 11.9 Å². The Balaban J connectivity index is 1.45. The lowest BCUT2D eigenvalue weighted by Crippen LogP contribution is -2.30. The van der Waals surface area contributed by atoms with Crippen molar-refractivity contribution in [3.8, 4) is 5.75 Å². The number of nitrogens with one attached hydrogen (secondary N) is 1. The third-order valence-electron chi connectivity index (χ3n) is 6.70. The Bertz CT molecular complexity index is 1160. The van der Waals surface area contributed by atoms with Crippen LogP contribution in [-0.2, 0) is 17.8 Å². The van der Waals surface area contributed by atoms with E-state index in [0.29, 0.717) is 12.4 Å². The molecule has 1 aromatic carbocycles. The van der Waals surface area contributed by atoms with Gasteiger partial charge < -0.3 is 20.7 Å². The van der Waals surface area contributed by atoms with Crippen LogP contribution in [0.2, 0.25) is 0 Å². The number of carbonyl (C=O) groups is 1. The summed E-state index contributed by atoms with van der Waals surface area (Å²) in [6.45, 7) is 1.95. The molecule has 2 aliphatic rings. The van der Waals surface area contributed by atoms with Crippen molar-refractivity contribution >= 4 is 28.6 Å². The van der Waals surface area contributed by atoms with E-state index in [1.165, 1.54) is 11.1 Å². The van der Waals surface area contributed by atoms with Gasteiger partial charge in [0.05, 0.1) is 30.4 Å². The number of likely N-dealkylation sites (N-methyl/N-ethyl adjacent to an activating group) is 1. The average molecular weight is 436 g/mol. The van der Waals surface area contributed by atoms with Gasteiger partial charge in [-0.1, -0.05) is 6.42 Å². The number of rotatable bonds is 5. The van der Waals surface area contributed by atoms with Gasteiger partial charge in [-0.15, -0.1) is 0 Å². The highest BCUT2D eigenvalue weighted by Crippen LogP contribution is 2.35. The molecule has 3 N–H and O–H groups in total. The van der Waals surface area contributed by atoms with Gasteiger partial charge in [-0.25, -0.2) is 9.67 Å². The first-order valence-corrected chi connectivity index (χ1v) is 11.2. The molecule has 9 nitrogen and oxygen atoms in total. The molecule has 1 aliphatic heterocycles. The summed E-state index contributed by atoms with van der Waals surface area (Å²) in [5.74, 6) is 0.935. The van der Waals surface area contributed by atoms with Gasteiger partial charge in [0.1, 0.15) is 5.75 Å². The van der Waals surface area contributed by atoms with Crippen molar-refractivity contribution in [1.29, 1.82) is 0 Å². The van der Waals surface area contributed by atoms with Crippen molar-refractivity contribution < 1.29 is 9.53 Å². The Morgan fingerprint density at radius 2 is 2.12 bits per heavy atom. The molecule has 1 aliphatic carbocycles. The molecule has 0 unspecified atom stereocenters. The molecule has 1 saturated carbocycles. The summed E-state index contributed by atoms with van der Waals surface area (Å²) in [5, 5.41) is 8.78. The minimum absolute atomic E-state index is 0.106.